The van der Waals surface area contributed by atoms with Crippen LogP contribution in [-0.4, -0.2) is 10.7 Å². The van der Waals surface area contributed by atoms with Gasteiger partial charge < -0.3 is 0 Å². The van der Waals surface area contributed by atoms with Gasteiger partial charge in [-0.3, -0.25) is 5.43 Å². The highest BCUT2D eigenvalue weighted by Crippen LogP contribution is 2.19. The van der Waals surface area contributed by atoms with Crippen molar-refractivity contribution >= 4 is 22.4 Å². The molecule has 1 aromatic heterocycles. The second-order valence-electron chi connectivity index (χ2n) is 5.73. The van der Waals surface area contributed by atoms with E-state index >= 15 is 0 Å². The Balaban J connectivity index is 2.12. The number of aromatic nitrogens is 1. The number of benzene rings is 1. The Morgan fingerprint density at radius 3 is 2.80 bits per heavy atom. The van der Waals surface area contributed by atoms with E-state index in [1.807, 2.05) is 24.3 Å². The van der Waals surface area contributed by atoms with Crippen LogP contribution in [0.4, 0.5) is 5.82 Å². The molecule has 0 aliphatic heterocycles. The van der Waals surface area contributed by atoms with Crippen LogP contribution < -0.4 is 5.43 Å². The van der Waals surface area contributed by atoms with Crippen LogP contribution in [0.15, 0.2) is 35.4 Å². The van der Waals surface area contributed by atoms with E-state index < -0.39 is 0 Å². The molecule has 1 N–H and O–H groups in total. The van der Waals surface area contributed by atoms with Crippen molar-refractivity contribution in [3.8, 4) is 0 Å². The largest absolute Gasteiger partial charge is 0.261 e. The summed E-state index contributed by atoms with van der Waals surface area (Å²) in [6, 6.07) is 10.2. The minimum atomic E-state index is 0.709. The number of hydrogen-bond donors (Lipinski definition) is 1. The highest BCUT2D eigenvalue weighted by Gasteiger charge is 2.02. The number of rotatable bonds is 5. The molecule has 3 nitrogen and oxygen atoms in total. The van der Waals surface area contributed by atoms with Crippen LogP contribution in [0.25, 0.3) is 10.9 Å². The van der Waals surface area contributed by atoms with Gasteiger partial charge in [0.15, 0.2) is 0 Å². The van der Waals surface area contributed by atoms with Crippen LogP contribution in [0.3, 0.4) is 0 Å². The molecule has 0 fully saturated rings. The van der Waals surface area contributed by atoms with E-state index in [2.05, 4.69) is 49.3 Å². The van der Waals surface area contributed by atoms with Gasteiger partial charge in [0, 0.05) is 11.1 Å². The Hall–Kier alpha value is -1.90. The van der Waals surface area contributed by atoms with Gasteiger partial charge in [0.1, 0.15) is 5.82 Å². The lowest BCUT2D eigenvalue weighted by Gasteiger charge is -2.07. The quantitative estimate of drug-likeness (QED) is 0.627. The highest BCUT2D eigenvalue weighted by molar-refractivity contribution is 5.85. The van der Waals surface area contributed by atoms with Gasteiger partial charge in [-0.15, -0.1) is 0 Å². The van der Waals surface area contributed by atoms with Crippen LogP contribution in [0, 0.1) is 12.8 Å². The third kappa shape index (κ3) is 3.80. The molecule has 1 heterocycles. The van der Waals surface area contributed by atoms with Crippen LogP contribution in [-0.2, 0) is 0 Å². The average molecular weight is 269 g/mol. The maximum Gasteiger partial charge on any atom is 0.147 e. The Labute approximate surface area is 121 Å². The molecule has 0 aliphatic carbocycles. The lowest BCUT2D eigenvalue weighted by atomic mass is 10.1. The number of anilines is 1. The molecule has 0 spiro atoms. The van der Waals surface area contributed by atoms with Gasteiger partial charge >= 0.3 is 0 Å². The molecule has 0 aliphatic rings. The topological polar surface area (TPSA) is 37.3 Å². The first kappa shape index (κ1) is 14.5. The van der Waals surface area contributed by atoms with E-state index in [1.54, 1.807) is 0 Å². The Kier molecular flexibility index (Phi) is 4.72. The summed E-state index contributed by atoms with van der Waals surface area (Å²) in [4.78, 5) is 4.59. The van der Waals surface area contributed by atoms with Crippen molar-refractivity contribution < 1.29 is 0 Å². The minimum absolute atomic E-state index is 0.709. The molecule has 0 bridgehead atoms. The standard InChI is InChI=1S/C17H23N3/c1-12(2)9-10-14(4)19-20-17-11-13(3)15-7-5-6-8-16(15)18-17/h5-8,11-12H,9-10H2,1-4H3,(H,18,20)/b19-14+. The third-order valence-corrected chi connectivity index (χ3v) is 3.37. The van der Waals surface area contributed by atoms with E-state index in [4.69, 9.17) is 0 Å². The predicted molar refractivity (Wildman–Crippen MR) is 87.3 cm³/mol. The maximum absolute atomic E-state index is 4.59. The van der Waals surface area contributed by atoms with E-state index in [0.717, 1.165) is 23.5 Å². The zero-order valence-electron chi connectivity index (χ0n) is 12.8. The third-order valence-electron chi connectivity index (χ3n) is 3.37. The summed E-state index contributed by atoms with van der Waals surface area (Å²) in [6.07, 6.45) is 2.19. The normalized spacial score (nSPS) is 12.2. The SMILES string of the molecule is C/C(CCC(C)C)=N\Nc1cc(C)c2ccccc2n1. The summed E-state index contributed by atoms with van der Waals surface area (Å²) in [5.41, 5.74) is 6.42. The molecule has 2 rings (SSSR count). The van der Waals surface area contributed by atoms with Crippen molar-refractivity contribution in [2.75, 3.05) is 5.43 Å². The van der Waals surface area contributed by atoms with Gasteiger partial charge in [-0.2, -0.15) is 5.10 Å². The van der Waals surface area contributed by atoms with Gasteiger partial charge in [0.2, 0.25) is 0 Å². The summed E-state index contributed by atoms with van der Waals surface area (Å²) in [5, 5.41) is 5.61. The van der Waals surface area contributed by atoms with Gasteiger partial charge in [0.25, 0.3) is 0 Å². The van der Waals surface area contributed by atoms with E-state index in [-0.39, 0.29) is 0 Å². The Morgan fingerprint density at radius 1 is 1.30 bits per heavy atom. The van der Waals surface area contributed by atoms with Crippen LogP contribution in [0.5, 0.6) is 0 Å². The second-order valence-corrected chi connectivity index (χ2v) is 5.73. The lowest BCUT2D eigenvalue weighted by Crippen LogP contribution is -2.01. The van der Waals surface area contributed by atoms with E-state index in [1.165, 1.54) is 17.4 Å². The minimum Gasteiger partial charge on any atom is -0.261 e. The summed E-state index contributed by atoms with van der Waals surface area (Å²) in [7, 11) is 0. The summed E-state index contributed by atoms with van der Waals surface area (Å²) in [5.74, 6) is 1.52. The van der Waals surface area contributed by atoms with E-state index in [0.29, 0.717) is 5.92 Å². The molecule has 0 amide bonds. The molecule has 0 saturated carbocycles. The monoisotopic (exact) mass is 269 g/mol. The molecule has 3 heteroatoms. The van der Waals surface area contributed by atoms with Crippen molar-refractivity contribution in [2.45, 2.75) is 40.5 Å². The first-order chi connectivity index (χ1) is 9.56. The number of para-hydroxylation sites is 1. The van der Waals surface area contributed by atoms with Crippen LogP contribution in [0.1, 0.15) is 39.2 Å². The molecule has 0 unspecified atom stereocenters. The number of fused-ring (bicyclic) bond motifs is 1. The van der Waals surface area contributed by atoms with Crippen LogP contribution in [0.2, 0.25) is 0 Å². The lowest BCUT2D eigenvalue weighted by molar-refractivity contribution is 0.603. The number of nitrogens with zero attached hydrogens (tertiary/aromatic N) is 2. The van der Waals surface area contributed by atoms with Crippen molar-refractivity contribution in [3.05, 3.63) is 35.9 Å². The highest BCUT2D eigenvalue weighted by atomic mass is 15.3. The van der Waals surface area contributed by atoms with Crippen molar-refractivity contribution in [1.29, 1.82) is 0 Å². The fourth-order valence-electron chi connectivity index (χ4n) is 2.11. The maximum atomic E-state index is 4.59. The fraction of sp³-hybridized carbons (Fsp3) is 0.412. The number of pyridine rings is 1. The molecule has 106 valence electrons. The molecule has 1 aromatic carbocycles. The van der Waals surface area contributed by atoms with Gasteiger partial charge in [-0.25, -0.2) is 4.98 Å². The number of nitrogens with one attached hydrogen (secondary N) is 1. The molecular formula is C17H23N3. The molecule has 0 saturated heterocycles. The summed E-state index contributed by atoms with van der Waals surface area (Å²) < 4.78 is 0. The van der Waals surface area contributed by atoms with Crippen molar-refractivity contribution in [3.63, 3.8) is 0 Å². The van der Waals surface area contributed by atoms with Crippen LogP contribution >= 0.6 is 0 Å². The first-order valence-electron chi connectivity index (χ1n) is 7.22. The number of aryl methyl sites for hydroxylation is 1. The molecule has 20 heavy (non-hydrogen) atoms. The number of hydrazone groups is 1. The van der Waals surface area contributed by atoms with Crippen molar-refractivity contribution in [2.24, 2.45) is 11.0 Å². The summed E-state index contributed by atoms with van der Waals surface area (Å²) in [6.45, 7) is 8.62. The van der Waals surface area contributed by atoms with Gasteiger partial charge in [0.05, 0.1) is 5.52 Å². The predicted octanol–water partition coefficient (Wildman–Crippen LogP) is 4.77. The molecule has 0 atom stereocenters. The van der Waals surface area contributed by atoms with Gasteiger partial charge in [-0.1, -0.05) is 32.0 Å². The second kappa shape index (κ2) is 6.51. The fourth-order valence-corrected chi connectivity index (χ4v) is 2.11. The Bertz CT molecular complexity index is 615. The smallest absolute Gasteiger partial charge is 0.147 e. The first-order valence-corrected chi connectivity index (χ1v) is 7.22. The number of hydrogen-bond acceptors (Lipinski definition) is 3. The zero-order valence-corrected chi connectivity index (χ0v) is 12.8. The zero-order chi connectivity index (χ0) is 14.5. The van der Waals surface area contributed by atoms with Gasteiger partial charge in [-0.05, 0) is 50.3 Å². The molecule has 0 radical (unpaired) electrons. The average Bonchev–Trinajstić information content (AvgIpc) is 2.43. The summed E-state index contributed by atoms with van der Waals surface area (Å²) >= 11 is 0. The van der Waals surface area contributed by atoms with E-state index in [9.17, 15) is 0 Å². The molecule has 2 aromatic rings. The Morgan fingerprint density at radius 2 is 2.05 bits per heavy atom. The van der Waals surface area contributed by atoms with Crippen molar-refractivity contribution in [1.82, 2.24) is 4.98 Å². The molecular weight excluding hydrogens is 246 g/mol.